The predicted molar refractivity (Wildman–Crippen MR) is 203 cm³/mol. The van der Waals surface area contributed by atoms with E-state index in [2.05, 4.69) is 156 Å². The first-order valence-corrected chi connectivity index (χ1v) is 17.7. The molecule has 0 unspecified atom stereocenters. The van der Waals surface area contributed by atoms with Crippen molar-refractivity contribution in [3.63, 3.8) is 0 Å². The largest absolute Gasteiger partial charge is 2.00 e. The minimum absolute atomic E-state index is 0. The first-order valence-electron chi connectivity index (χ1n) is 12.8. The Hall–Kier alpha value is 2.99. The number of thiol groups is 1. The summed E-state index contributed by atoms with van der Waals surface area (Å²) < 4.78 is 2.69. The number of unbranched alkanes of at least 4 members (excludes halogenated alkanes) is 2. The number of halogens is 4. The molecule has 0 heterocycles. The van der Waals surface area contributed by atoms with Gasteiger partial charge in [-0.2, -0.15) is 20.8 Å². The second kappa shape index (κ2) is 211. The number of rotatable bonds is 5. The van der Waals surface area contributed by atoms with Gasteiger partial charge >= 0.3 is 66.9 Å². The van der Waals surface area contributed by atoms with Crippen molar-refractivity contribution in [1.29, 1.82) is 0 Å². The second-order valence-electron chi connectivity index (χ2n) is 4.31. The third-order valence-corrected chi connectivity index (χ3v) is 2.72. The van der Waals surface area contributed by atoms with Crippen molar-refractivity contribution in [2.75, 3.05) is 21.3 Å². The Balaban J connectivity index is -0.0000000167. The van der Waals surface area contributed by atoms with Gasteiger partial charge in [-0.3, -0.25) is 0 Å². The van der Waals surface area contributed by atoms with E-state index in [0.29, 0.717) is 0 Å². The summed E-state index contributed by atoms with van der Waals surface area (Å²) in [7, 11) is 4.34. The molecule has 1 nitrogen and oxygen atoms in total. The van der Waals surface area contributed by atoms with E-state index >= 15 is 0 Å². The van der Waals surface area contributed by atoms with E-state index in [1.54, 1.807) is 20.8 Å². The standard InChI is InChI=1S/C5H10.C4H9Br.C4H7Br.C4H10.C2H5Br.C2H4Br.C2H6.3C2H5.BHNS.2W/c1-3-5-4-2;2*1-2-3-4-5;1-3-4-2;2*1-2-3;4*1-2;1-2-3;;/h3,5H,4H2,1-2H3;2-4H2,1H3;2-3H,4H2,1H3;3-4H2,1-2H3;2H2,1H3;1-2H2;1-2H3;3*1H2,2H3;3H;;/q;;;;;-1;;3*-1;;2*+2/b5-3+;;3-2+;;;;;;;;;;. The van der Waals surface area contributed by atoms with Crippen LogP contribution in [0, 0.1) is 27.7 Å². The molecular formula is C29H67BBr4NSW2. The van der Waals surface area contributed by atoms with Crippen LogP contribution in [0.15, 0.2) is 28.6 Å². The maximum absolute atomic E-state index is 4.34. The molecule has 0 aromatic rings. The fourth-order valence-electron chi connectivity index (χ4n) is 0.458. The molecule has 0 bridgehead atoms. The molecule has 0 aliphatic carbocycles. The van der Waals surface area contributed by atoms with Crippen molar-refractivity contribution in [3.05, 3.63) is 52.0 Å². The molecule has 0 atom stereocenters. The van der Waals surface area contributed by atoms with Crippen LogP contribution in [-0.4, -0.2) is 29.0 Å². The van der Waals surface area contributed by atoms with Crippen LogP contribution in [-0.2, 0) is 42.1 Å². The zero-order chi connectivity index (χ0) is 31.9. The van der Waals surface area contributed by atoms with Crippen molar-refractivity contribution in [3.8, 4) is 0 Å². The summed E-state index contributed by atoms with van der Waals surface area (Å²) in [5.41, 5.74) is 0. The molecule has 1 radical (unpaired) electrons. The van der Waals surface area contributed by atoms with Crippen LogP contribution in [0.1, 0.15) is 115 Å². The summed E-state index contributed by atoms with van der Waals surface area (Å²) in [4.78, 5) is 0. The third kappa shape index (κ3) is 564. The third-order valence-electron chi connectivity index (χ3n) is 1.78. The van der Waals surface area contributed by atoms with Crippen molar-refractivity contribution in [2.24, 2.45) is 4.30 Å². The molecule has 0 saturated carbocycles. The minimum Gasteiger partial charge on any atom is -0.346 e. The number of hydrogen-bond donors (Lipinski definition) is 1. The van der Waals surface area contributed by atoms with Gasteiger partial charge in [0.15, 0.2) is 0 Å². The molecule has 237 valence electrons. The van der Waals surface area contributed by atoms with Crippen molar-refractivity contribution >= 4 is 84.2 Å². The Labute approximate surface area is 315 Å². The van der Waals surface area contributed by atoms with E-state index < -0.39 is 0 Å². The summed E-state index contributed by atoms with van der Waals surface area (Å²) >= 11 is 15.9. The summed E-state index contributed by atoms with van der Waals surface area (Å²) in [5.74, 6) is 0. The topological polar surface area (TPSA) is 12.4 Å². The smallest absolute Gasteiger partial charge is 0.346 e. The van der Waals surface area contributed by atoms with Crippen LogP contribution >= 0.6 is 76.5 Å². The van der Waals surface area contributed by atoms with Gasteiger partial charge in [0.05, 0.1) is 0 Å². The molecule has 0 aromatic heterocycles. The van der Waals surface area contributed by atoms with E-state index in [0.717, 1.165) is 27.7 Å². The van der Waals surface area contributed by atoms with Gasteiger partial charge in [-0.25, -0.2) is 0 Å². The molecule has 9 heteroatoms. The van der Waals surface area contributed by atoms with Crippen LogP contribution in [0.25, 0.3) is 0 Å². The zero-order valence-electron chi connectivity index (χ0n) is 27.3. The summed E-state index contributed by atoms with van der Waals surface area (Å²) in [5, 5.41) is 4.01. The monoisotopic (exact) mass is 1160 g/mol. The first kappa shape index (κ1) is 83.7. The van der Waals surface area contributed by atoms with E-state index in [1.165, 1.54) is 25.7 Å². The van der Waals surface area contributed by atoms with E-state index in [1.807, 2.05) is 46.8 Å². The fraction of sp³-hybridized carbons (Fsp3) is 0.724. The Morgan fingerprint density at radius 1 is 0.711 bits per heavy atom. The summed E-state index contributed by atoms with van der Waals surface area (Å²) in [6.07, 6.45) is 14.6. The van der Waals surface area contributed by atoms with Gasteiger partial charge in [-0.05, 0) is 26.7 Å². The maximum Gasteiger partial charge on any atom is 2.00 e. The zero-order valence-corrected chi connectivity index (χ0v) is 40.4. The average molecular weight is 1160 g/mol. The van der Waals surface area contributed by atoms with Gasteiger partial charge in [0, 0.05) is 16.0 Å². The Bertz CT molecular complexity index is 217. The van der Waals surface area contributed by atoms with Crippen LogP contribution in [0.3, 0.4) is 0 Å². The maximum atomic E-state index is 4.34. The molecule has 0 amide bonds. The molecule has 0 aliphatic rings. The van der Waals surface area contributed by atoms with Crippen molar-refractivity contribution < 1.29 is 42.1 Å². The van der Waals surface area contributed by atoms with Gasteiger partial charge in [0.1, 0.15) is 0 Å². The van der Waals surface area contributed by atoms with Gasteiger partial charge in [0.25, 0.3) is 0 Å². The van der Waals surface area contributed by atoms with Gasteiger partial charge in [-0.1, -0.05) is 140 Å². The normalized spacial score (nSPS) is 6.42. The minimum atomic E-state index is 0. The Kier molecular flexibility index (Phi) is 464. The molecule has 0 saturated heterocycles. The van der Waals surface area contributed by atoms with Gasteiger partial charge in [0.2, 0.25) is 0 Å². The van der Waals surface area contributed by atoms with Gasteiger partial charge < -0.3 is 27.7 Å². The number of allylic oxidation sites excluding steroid dienone is 4. The van der Waals surface area contributed by atoms with E-state index in [9.17, 15) is 0 Å². The van der Waals surface area contributed by atoms with Crippen LogP contribution in [0.2, 0.25) is 0 Å². The number of alkyl halides is 4. The van der Waals surface area contributed by atoms with Crippen LogP contribution < -0.4 is 0 Å². The molecule has 0 N–H and O–H groups in total. The Morgan fingerprint density at radius 2 is 0.947 bits per heavy atom. The first-order chi connectivity index (χ1) is 17.4. The molecule has 0 aromatic carbocycles. The van der Waals surface area contributed by atoms with Gasteiger partial charge in [-0.15, -0.1) is 21.3 Å². The molecule has 0 fully saturated rings. The molecule has 0 spiro atoms. The van der Waals surface area contributed by atoms with E-state index in [4.69, 9.17) is 0 Å². The quantitative estimate of drug-likeness (QED) is 0.0926. The average Bonchev–Trinajstić information content (AvgIpc) is 2.92. The second-order valence-corrected chi connectivity index (χ2v) is 7.90. The van der Waals surface area contributed by atoms with Crippen molar-refractivity contribution in [1.82, 2.24) is 0 Å². The van der Waals surface area contributed by atoms with Crippen molar-refractivity contribution in [2.45, 2.75) is 115 Å². The molecular weight excluding hydrogens is 1090 g/mol. The summed E-state index contributed by atoms with van der Waals surface area (Å²) in [6, 6.07) is 0. The summed E-state index contributed by atoms with van der Waals surface area (Å²) in [6.45, 7) is 37.1. The van der Waals surface area contributed by atoms with E-state index in [-0.39, 0.29) is 42.1 Å². The van der Waals surface area contributed by atoms with Crippen LogP contribution in [0.5, 0.6) is 0 Å². The Morgan fingerprint density at radius 3 is 0.947 bits per heavy atom. The predicted octanol–water partition coefficient (Wildman–Crippen LogP) is 14.3. The number of nitrogens with zero attached hydrogens (tertiary/aromatic N) is 1. The fourth-order valence-corrected chi connectivity index (χ4v) is 1.39. The molecule has 0 aliphatic heterocycles. The SMILES string of the molecule is C/C=C/CBr.C/C=C/CC.CC.CCBr.CCCC.CCCCBr.[B]=NS.[CH2-]C.[CH2-]C.[CH2-]C.[CH2-]CBr.[W+2].[W+2]. The van der Waals surface area contributed by atoms with Crippen LogP contribution in [0.4, 0.5) is 0 Å². The molecule has 38 heavy (non-hydrogen) atoms. The number of hydrogen-bond acceptors (Lipinski definition) is 2. The molecule has 0 rings (SSSR count).